The molecule has 2 heteroatoms. The molecule has 0 saturated heterocycles. The quantitative estimate of drug-likeness (QED) is 0.374. The number of aliphatic hydroxyl groups is 1. The molecule has 0 aliphatic carbocycles. The fourth-order valence-electron chi connectivity index (χ4n) is 0. The second kappa shape index (κ2) is 2.24. The molecule has 0 unspecified atom stereocenters. The van der Waals surface area contributed by atoms with E-state index in [1.165, 1.54) is 6.08 Å². The van der Waals surface area contributed by atoms with E-state index < -0.39 is 5.56 Å². The lowest BCUT2D eigenvalue weighted by atomic mass is 10.7. The first kappa shape index (κ1) is 4.99. The summed E-state index contributed by atoms with van der Waals surface area (Å²) in [5, 5.41) is 8.01. The molecule has 0 radical (unpaired) electrons. The minimum absolute atomic E-state index is 0.880. The SMILES string of the molecule is C=C[C@@H](O)Cl. The van der Waals surface area contributed by atoms with Gasteiger partial charge in [-0.1, -0.05) is 18.2 Å². The van der Waals surface area contributed by atoms with Crippen LogP contribution in [0.15, 0.2) is 12.7 Å². The van der Waals surface area contributed by atoms with Crippen LogP contribution in [-0.2, 0) is 0 Å². The van der Waals surface area contributed by atoms with E-state index >= 15 is 0 Å². The van der Waals surface area contributed by atoms with Gasteiger partial charge in [0.1, 0.15) is 5.56 Å². The molecule has 1 N–H and O–H groups in total. The highest BCUT2D eigenvalue weighted by molar-refractivity contribution is 6.20. The van der Waals surface area contributed by atoms with Crippen LogP contribution in [0, 0.1) is 0 Å². The van der Waals surface area contributed by atoms with E-state index in [2.05, 4.69) is 6.58 Å². The molecule has 0 amide bonds. The lowest BCUT2D eigenvalue weighted by Gasteiger charge is -1.81. The Bertz CT molecular complexity index is 33.9. The van der Waals surface area contributed by atoms with Crippen molar-refractivity contribution in [1.82, 2.24) is 0 Å². The molecule has 0 spiro atoms. The Labute approximate surface area is 35.9 Å². The minimum Gasteiger partial charge on any atom is -0.374 e. The van der Waals surface area contributed by atoms with Gasteiger partial charge in [0.2, 0.25) is 0 Å². The number of rotatable bonds is 1. The van der Waals surface area contributed by atoms with Crippen LogP contribution in [0.4, 0.5) is 0 Å². The Morgan fingerprint density at radius 3 is 2.20 bits per heavy atom. The lowest BCUT2D eigenvalue weighted by molar-refractivity contribution is 0.303. The highest BCUT2D eigenvalue weighted by Gasteiger charge is 1.78. The number of hydrogen-bond acceptors (Lipinski definition) is 1. The van der Waals surface area contributed by atoms with Gasteiger partial charge in [-0.3, -0.25) is 0 Å². The molecular formula is C3H5ClO. The van der Waals surface area contributed by atoms with Crippen LogP contribution in [0.25, 0.3) is 0 Å². The Kier molecular flexibility index (Phi) is 2.24. The minimum atomic E-state index is -0.880. The summed E-state index contributed by atoms with van der Waals surface area (Å²) in [6, 6.07) is 0. The largest absolute Gasteiger partial charge is 0.374 e. The third kappa shape index (κ3) is 3.99. The van der Waals surface area contributed by atoms with E-state index in [4.69, 9.17) is 16.7 Å². The molecule has 0 aliphatic rings. The summed E-state index contributed by atoms with van der Waals surface area (Å²) in [6.45, 7) is 3.18. The molecular weight excluding hydrogens is 87.5 g/mol. The first-order chi connectivity index (χ1) is 2.27. The van der Waals surface area contributed by atoms with Gasteiger partial charge < -0.3 is 5.11 Å². The van der Waals surface area contributed by atoms with Gasteiger partial charge in [-0.25, -0.2) is 0 Å². The molecule has 0 saturated carbocycles. The topological polar surface area (TPSA) is 20.2 Å². The average Bonchev–Trinajstić information content (AvgIpc) is 1.38. The van der Waals surface area contributed by atoms with E-state index in [0.717, 1.165) is 0 Å². The van der Waals surface area contributed by atoms with E-state index in [1.807, 2.05) is 0 Å². The van der Waals surface area contributed by atoms with E-state index in [0.29, 0.717) is 0 Å². The number of halogens is 1. The zero-order valence-electron chi connectivity index (χ0n) is 2.69. The second-order valence-electron chi connectivity index (χ2n) is 0.608. The van der Waals surface area contributed by atoms with Gasteiger partial charge in [-0.05, 0) is 6.08 Å². The maximum absolute atomic E-state index is 8.01. The molecule has 0 fully saturated rings. The highest BCUT2D eigenvalue weighted by atomic mass is 35.5. The molecule has 0 aromatic rings. The molecule has 0 aromatic carbocycles. The van der Waals surface area contributed by atoms with Crippen molar-refractivity contribution >= 4 is 11.6 Å². The van der Waals surface area contributed by atoms with Crippen molar-refractivity contribution in [3.63, 3.8) is 0 Å². The van der Waals surface area contributed by atoms with Crippen LogP contribution in [0.3, 0.4) is 0 Å². The maximum atomic E-state index is 8.01. The average molecular weight is 92.5 g/mol. The van der Waals surface area contributed by atoms with Gasteiger partial charge in [0, 0.05) is 0 Å². The van der Waals surface area contributed by atoms with Gasteiger partial charge in [0.25, 0.3) is 0 Å². The zero-order chi connectivity index (χ0) is 4.28. The van der Waals surface area contributed by atoms with Crippen LogP contribution in [0.5, 0.6) is 0 Å². The van der Waals surface area contributed by atoms with Crippen LogP contribution in [-0.4, -0.2) is 10.7 Å². The first-order valence-electron chi connectivity index (χ1n) is 1.22. The molecule has 1 atom stereocenters. The summed E-state index contributed by atoms with van der Waals surface area (Å²) < 4.78 is 0. The first-order valence-corrected chi connectivity index (χ1v) is 1.65. The van der Waals surface area contributed by atoms with Crippen LogP contribution in [0.1, 0.15) is 0 Å². The Morgan fingerprint density at radius 1 is 2.00 bits per heavy atom. The van der Waals surface area contributed by atoms with Gasteiger partial charge in [0.15, 0.2) is 0 Å². The van der Waals surface area contributed by atoms with Crippen molar-refractivity contribution in [2.45, 2.75) is 5.56 Å². The third-order valence-corrected chi connectivity index (χ3v) is 0.373. The summed E-state index contributed by atoms with van der Waals surface area (Å²) in [5.41, 5.74) is -0.880. The van der Waals surface area contributed by atoms with Crippen molar-refractivity contribution < 1.29 is 5.11 Å². The summed E-state index contributed by atoms with van der Waals surface area (Å²) in [5.74, 6) is 0. The van der Waals surface area contributed by atoms with Crippen molar-refractivity contribution in [2.75, 3.05) is 0 Å². The Hall–Kier alpha value is -0.0100. The fourth-order valence-corrected chi connectivity index (χ4v) is 0. The third-order valence-electron chi connectivity index (χ3n) is 0.194. The lowest BCUT2D eigenvalue weighted by Crippen LogP contribution is -1.83. The van der Waals surface area contributed by atoms with Gasteiger partial charge in [-0.2, -0.15) is 0 Å². The normalized spacial score (nSPS) is 14.0. The van der Waals surface area contributed by atoms with Crippen LogP contribution >= 0.6 is 11.6 Å². The summed E-state index contributed by atoms with van der Waals surface area (Å²) in [4.78, 5) is 0. The second-order valence-corrected chi connectivity index (χ2v) is 1.06. The molecule has 1 nitrogen and oxygen atoms in total. The maximum Gasteiger partial charge on any atom is 0.146 e. The van der Waals surface area contributed by atoms with Crippen molar-refractivity contribution in [1.29, 1.82) is 0 Å². The number of aliphatic hydroxyl groups excluding tert-OH is 1. The van der Waals surface area contributed by atoms with E-state index in [1.54, 1.807) is 0 Å². The van der Waals surface area contributed by atoms with Crippen molar-refractivity contribution in [2.24, 2.45) is 0 Å². The predicted molar refractivity (Wildman–Crippen MR) is 22.1 cm³/mol. The monoisotopic (exact) mass is 92.0 g/mol. The fraction of sp³-hybridized carbons (Fsp3) is 0.333. The highest BCUT2D eigenvalue weighted by Crippen LogP contribution is 1.85. The van der Waals surface area contributed by atoms with Gasteiger partial charge >= 0.3 is 0 Å². The van der Waals surface area contributed by atoms with Crippen LogP contribution in [0.2, 0.25) is 0 Å². The Morgan fingerprint density at radius 2 is 2.20 bits per heavy atom. The van der Waals surface area contributed by atoms with Crippen molar-refractivity contribution in [3.05, 3.63) is 12.7 Å². The molecule has 0 aliphatic heterocycles. The predicted octanol–water partition coefficient (Wildman–Crippen LogP) is 0.730. The number of hydrogen-bond donors (Lipinski definition) is 1. The molecule has 0 heterocycles. The molecule has 30 valence electrons. The van der Waals surface area contributed by atoms with E-state index in [-0.39, 0.29) is 0 Å². The summed E-state index contributed by atoms with van der Waals surface area (Å²) in [7, 11) is 0. The molecule has 0 rings (SSSR count). The van der Waals surface area contributed by atoms with Crippen molar-refractivity contribution in [3.8, 4) is 0 Å². The smallest absolute Gasteiger partial charge is 0.146 e. The molecule has 0 aromatic heterocycles. The zero-order valence-corrected chi connectivity index (χ0v) is 3.44. The number of alkyl halides is 1. The Balaban J connectivity index is 2.83. The van der Waals surface area contributed by atoms with Gasteiger partial charge in [-0.15, -0.1) is 0 Å². The van der Waals surface area contributed by atoms with Crippen LogP contribution < -0.4 is 0 Å². The summed E-state index contributed by atoms with van der Waals surface area (Å²) in [6.07, 6.45) is 1.24. The summed E-state index contributed by atoms with van der Waals surface area (Å²) >= 11 is 4.90. The molecule has 5 heavy (non-hydrogen) atoms. The standard InChI is InChI=1S/C3H5ClO/c1-2-3(4)5/h2-3,5H,1H2/t3-/m1/s1. The molecule has 0 bridgehead atoms. The van der Waals surface area contributed by atoms with E-state index in [9.17, 15) is 0 Å². The van der Waals surface area contributed by atoms with Gasteiger partial charge in [0.05, 0.1) is 0 Å².